The van der Waals surface area contributed by atoms with Gasteiger partial charge in [0.05, 0.1) is 29.5 Å². The second-order valence-electron chi connectivity index (χ2n) is 4.85. The van der Waals surface area contributed by atoms with E-state index in [4.69, 9.17) is 4.74 Å². The highest BCUT2D eigenvalue weighted by Crippen LogP contribution is 2.24. The topological polar surface area (TPSA) is 47.0 Å². The smallest absolute Gasteiger partial charge is 0.119 e. The van der Waals surface area contributed by atoms with Crippen LogP contribution in [0.15, 0.2) is 35.0 Å². The molecule has 3 rings (SSSR count). The Morgan fingerprint density at radius 2 is 2.09 bits per heavy atom. The van der Waals surface area contributed by atoms with Crippen molar-refractivity contribution in [1.29, 1.82) is 0 Å². The van der Waals surface area contributed by atoms with Crippen molar-refractivity contribution in [1.82, 2.24) is 9.97 Å². The molecule has 0 amide bonds. The van der Waals surface area contributed by atoms with Gasteiger partial charge in [0.1, 0.15) is 5.01 Å². The van der Waals surface area contributed by atoms with Crippen molar-refractivity contribution in [3.05, 3.63) is 50.7 Å². The average molecular weight is 331 g/mol. The van der Waals surface area contributed by atoms with Gasteiger partial charge in [-0.25, -0.2) is 9.97 Å². The van der Waals surface area contributed by atoms with Gasteiger partial charge >= 0.3 is 0 Å². The molecule has 1 aromatic carbocycles. The lowest BCUT2D eigenvalue weighted by atomic mass is 10.1. The van der Waals surface area contributed by atoms with Crippen LogP contribution in [0.3, 0.4) is 0 Å². The van der Waals surface area contributed by atoms with Crippen LogP contribution in [-0.4, -0.2) is 17.1 Å². The summed E-state index contributed by atoms with van der Waals surface area (Å²) in [4.78, 5) is 9.05. The zero-order chi connectivity index (χ0) is 15.4. The number of hydrogen-bond acceptors (Lipinski definition) is 6. The quantitative estimate of drug-likeness (QED) is 0.730. The van der Waals surface area contributed by atoms with Crippen molar-refractivity contribution in [2.45, 2.75) is 20.1 Å². The number of methoxy groups -OCH3 is 1. The van der Waals surface area contributed by atoms with E-state index in [1.807, 2.05) is 13.0 Å². The Labute approximate surface area is 137 Å². The molecule has 2 aromatic heterocycles. The molecule has 114 valence electrons. The molecule has 0 saturated heterocycles. The minimum atomic E-state index is 0.573. The molecule has 0 bridgehead atoms. The summed E-state index contributed by atoms with van der Waals surface area (Å²) in [7, 11) is 1.69. The van der Waals surface area contributed by atoms with Gasteiger partial charge in [-0.05, 0) is 19.1 Å². The monoisotopic (exact) mass is 331 g/mol. The molecule has 22 heavy (non-hydrogen) atoms. The van der Waals surface area contributed by atoms with Crippen LogP contribution in [0.25, 0.3) is 11.3 Å². The SMILES string of the molecule is COCc1nc(CNc2cccc(-c3csc(C)n3)c2)cs1. The predicted molar refractivity (Wildman–Crippen MR) is 92.4 cm³/mol. The van der Waals surface area contributed by atoms with Crippen LogP contribution in [-0.2, 0) is 17.9 Å². The van der Waals surface area contributed by atoms with Gasteiger partial charge in [-0.15, -0.1) is 22.7 Å². The number of hydrogen-bond donors (Lipinski definition) is 1. The van der Waals surface area contributed by atoms with E-state index in [0.29, 0.717) is 13.2 Å². The summed E-state index contributed by atoms with van der Waals surface area (Å²) in [5.74, 6) is 0. The van der Waals surface area contributed by atoms with E-state index in [2.05, 4.69) is 44.2 Å². The number of aromatic nitrogens is 2. The van der Waals surface area contributed by atoms with E-state index in [-0.39, 0.29) is 0 Å². The minimum absolute atomic E-state index is 0.573. The first-order valence-corrected chi connectivity index (χ1v) is 8.69. The molecule has 0 spiro atoms. The van der Waals surface area contributed by atoms with Crippen molar-refractivity contribution < 1.29 is 4.74 Å². The molecule has 0 aliphatic carbocycles. The molecule has 4 nitrogen and oxygen atoms in total. The first-order chi connectivity index (χ1) is 10.7. The maximum Gasteiger partial charge on any atom is 0.119 e. The van der Waals surface area contributed by atoms with Gasteiger partial charge in [0.25, 0.3) is 0 Å². The number of nitrogens with one attached hydrogen (secondary N) is 1. The van der Waals surface area contributed by atoms with E-state index < -0.39 is 0 Å². The second kappa shape index (κ2) is 7.00. The maximum absolute atomic E-state index is 5.09. The molecule has 6 heteroatoms. The number of aryl methyl sites for hydroxylation is 1. The Morgan fingerprint density at radius 3 is 2.86 bits per heavy atom. The molecule has 0 aliphatic rings. The summed E-state index contributed by atoms with van der Waals surface area (Å²) >= 11 is 3.30. The van der Waals surface area contributed by atoms with Gasteiger partial charge in [0, 0.05) is 29.1 Å². The molecule has 2 heterocycles. The van der Waals surface area contributed by atoms with E-state index in [9.17, 15) is 0 Å². The van der Waals surface area contributed by atoms with Crippen molar-refractivity contribution >= 4 is 28.4 Å². The van der Waals surface area contributed by atoms with Crippen molar-refractivity contribution in [3.63, 3.8) is 0 Å². The van der Waals surface area contributed by atoms with Crippen LogP contribution in [0.4, 0.5) is 5.69 Å². The first-order valence-electron chi connectivity index (χ1n) is 6.93. The van der Waals surface area contributed by atoms with Crippen LogP contribution in [0, 0.1) is 6.92 Å². The first kappa shape index (κ1) is 15.1. The van der Waals surface area contributed by atoms with Crippen LogP contribution in [0.2, 0.25) is 0 Å². The number of rotatable bonds is 6. The van der Waals surface area contributed by atoms with Gasteiger partial charge in [-0.1, -0.05) is 12.1 Å². The highest BCUT2D eigenvalue weighted by atomic mass is 32.1. The van der Waals surface area contributed by atoms with Gasteiger partial charge in [-0.2, -0.15) is 0 Å². The third kappa shape index (κ3) is 3.71. The Morgan fingerprint density at radius 1 is 1.18 bits per heavy atom. The number of thiazole rings is 2. The number of ether oxygens (including phenoxy) is 1. The van der Waals surface area contributed by atoms with Crippen LogP contribution < -0.4 is 5.32 Å². The number of anilines is 1. The fourth-order valence-corrected chi connectivity index (χ4v) is 3.48. The largest absolute Gasteiger partial charge is 0.379 e. The van der Waals surface area contributed by atoms with Crippen molar-refractivity contribution in [2.24, 2.45) is 0 Å². The summed E-state index contributed by atoms with van der Waals surface area (Å²) in [6.45, 7) is 3.30. The fourth-order valence-electron chi connectivity index (χ4n) is 2.10. The third-order valence-corrected chi connectivity index (χ3v) is 4.76. The van der Waals surface area contributed by atoms with Crippen LogP contribution in [0.1, 0.15) is 15.7 Å². The fraction of sp³-hybridized carbons (Fsp3) is 0.250. The van der Waals surface area contributed by atoms with E-state index >= 15 is 0 Å². The van der Waals surface area contributed by atoms with Gasteiger partial charge in [0.15, 0.2) is 0 Å². The van der Waals surface area contributed by atoms with Gasteiger partial charge in [-0.3, -0.25) is 0 Å². The van der Waals surface area contributed by atoms with E-state index in [0.717, 1.165) is 32.7 Å². The van der Waals surface area contributed by atoms with Gasteiger partial charge in [0.2, 0.25) is 0 Å². The van der Waals surface area contributed by atoms with E-state index in [1.54, 1.807) is 29.8 Å². The molecular weight excluding hydrogens is 314 g/mol. The van der Waals surface area contributed by atoms with Crippen LogP contribution in [0.5, 0.6) is 0 Å². The maximum atomic E-state index is 5.09. The van der Waals surface area contributed by atoms with E-state index in [1.165, 1.54) is 0 Å². The third-order valence-electron chi connectivity index (χ3n) is 3.12. The summed E-state index contributed by atoms with van der Waals surface area (Å²) in [5.41, 5.74) is 4.27. The highest BCUT2D eigenvalue weighted by molar-refractivity contribution is 7.10. The standard InChI is InChI=1S/C16H17N3OS2/c1-11-18-15(10-21-11)12-4-3-5-13(6-12)17-7-14-9-22-16(19-14)8-20-2/h3-6,9-10,17H,7-8H2,1-2H3. The minimum Gasteiger partial charge on any atom is -0.379 e. The Hall–Kier alpha value is -1.76. The molecule has 1 N–H and O–H groups in total. The second-order valence-corrected chi connectivity index (χ2v) is 6.86. The molecule has 3 aromatic rings. The van der Waals surface area contributed by atoms with Crippen LogP contribution >= 0.6 is 22.7 Å². The molecule has 0 unspecified atom stereocenters. The Bertz CT molecular complexity index is 751. The lowest BCUT2D eigenvalue weighted by Crippen LogP contribution is -2.00. The van der Waals surface area contributed by atoms with Crippen molar-refractivity contribution in [3.8, 4) is 11.3 Å². The average Bonchev–Trinajstić information content (AvgIpc) is 3.15. The molecular formula is C16H17N3OS2. The summed E-state index contributed by atoms with van der Waals surface area (Å²) < 4.78 is 5.09. The highest BCUT2D eigenvalue weighted by Gasteiger charge is 2.04. The number of benzene rings is 1. The zero-order valence-electron chi connectivity index (χ0n) is 12.5. The Kier molecular flexibility index (Phi) is 4.82. The predicted octanol–water partition coefficient (Wildman–Crippen LogP) is 4.33. The number of nitrogens with zero attached hydrogens (tertiary/aromatic N) is 2. The lowest BCUT2D eigenvalue weighted by molar-refractivity contribution is 0.184. The van der Waals surface area contributed by atoms with Crippen molar-refractivity contribution in [2.75, 3.05) is 12.4 Å². The molecule has 0 aliphatic heterocycles. The zero-order valence-corrected chi connectivity index (χ0v) is 14.1. The normalized spacial score (nSPS) is 10.8. The summed E-state index contributed by atoms with van der Waals surface area (Å²) in [6.07, 6.45) is 0. The Balaban J connectivity index is 1.67. The van der Waals surface area contributed by atoms with Gasteiger partial charge < -0.3 is 10.1 Å². The molecule has 0 atom stereocenters. The molecule has 0 radical (unpaired) electrons. The summed E-state index contributed by atoms with van der Waals surface area (Å²) in [6, 6.07) is 8.31. The lowest BCUT2D eigenvalue weighted by Gasteiger charge is -2.06. The summed E-state index contributed by atoms with van der Waals surface area (Å²) in [5, 5.41) is 9.66. The molecule has 0 fully saturated rings. The molecule has 0 saturated carbocycles.